The number of carbonyl (C=O) groups excluding carboxylic acids is 1. The molecule has 0 radical (unpaired) electrons. The number of nitrogens with zero attached hydrogens (tertiary/aromatic N) is 2. The molecule has 1 fully saturated rings. The van der Waals surface area contributed by atoms with Gasteiger partial charge in [-0.1, -0.05) is 13.8 Å². The lowest BCUT2D eigenvalue weighted by Gasteiger charge is -2.35. The van der Waals surface area contributed by atoms with Crippen LogP contribution in [0.4, 0.5) is 11.4 Å². The van der Waals surface area contributed by atoms with E-state index in [1.165, 1.54) is 6.07 Å². The van der Waals surface area contributed by atoms with Crippen LogP contribution in [0.15, 0.2) is 18.2 Å². The van der Waals surface area contributed by atoms with Gasteiger partial charge in [0.25, 0.3) is 5.69 Å². The second kappa shape index (κ2) is 6.76. The maximum Gasteiger partial charge on any atom is 0.308 e. The van der Waals surface area contributed by atoms with Gasteiger partial charge in [-0.05, 0) is 24.5 Å². The summed E-state index contributed by atoms with van der Waals surface area (Å²) in [7, 11) is 0. The van der Waals surface area contributed by atoms with Gasteiger partial charge in [0.15, 0.2) is 5.78 Å². The van der Waals surface area contributed by atoms with Crippen LogP contribution in [0.3, 0.4) is 0 Å². The molecule has 7 nitrogen and oxygen atoms in total. The first-order valence-corrected chi connectivity index (χ1v) is 7.62. The van der Waals surface area contributed by atoms with Gasteiger partial charge in [-0.15, -0.1) is 0 Å². The predicted molar refractivity (Wildman–Crippen MR) is 84.8 cm³/mol. The highest BCUT2D eigenvalue weighted by molar-refractivity contribution is 5.97. The van der Waals surface area contributed by atoms with Crippen LogP contribution in [0.5, 0.6) is 0 Å². The van der Waals surface area contributed by atoms with Crippen molar-refractivity contribution in [1.29, 1.82) is 0 Å². The van der Waals surface area contributed by atoms with E-state index in [0.29, 0.717) is 24.2 Å². The summed E-state index contributed by atoms with van der Waals surface area (Å²) in [5, 5.41) is 20.6. The second-order valence-corrected chi connectivity index (χ2v) is 6.02. The zero-order chi connectivity index (χ0) is 17.1. The third kappa shape index (κ3) is 3.67. The lowest BCUT2D eigenvalue weighted by Crippen LogP contribution is -2.42. The van der Waals surface area contributed by atoms with Gasteiger partial charge >= 0.3 is 5.97 Å². The monoisotopic (exact) mass is 320 g/mol. The second-order valence-electron chi connectivity index (χ2n) is 6.02. The highest BCUT2D eigenvalue weighted by atomic mass is 16.6. The topological polar surface area (TPSA) is 101 Å². The molecule has 1 aromatic rings. The van der Waals surface area contributed by atoms with Gasteiger partial charge < -0.3 is 10.0 Å². The number of Topliss-reactive ketones (excluding diaryl/α,β-unsaturated/α-hetero) is 1. The maximum atomic E-state index is 11.8. The van der Waals surface area contributed by atoms with Crippen molar-refractivity contribution >= 4 is 23.1 Å². The van der Waals surface area contributed by atoms with Crippen molar-refractivity contribution in [3.05, 3.63) is 33.9 Å². The Morgan fingerprint density at radius 3 is 2.65 bits per heavy atom. The Bertz CT molecular complexity index is 643. The van der Waals surface area contributed by atoms with Crippen molar-refractivity contribution in [2.75, 3.05) is 18.0 Å². The van der Waals surface area contributed by atoms with E-state index in [9.17, 15) is 24.8 Å². The molecule has 0 bridgehead atoms. The number of piperidine rings is 1. The van der Waals surface area contributed by atoms with Crippen LogP contribution in [0, 0.1) is 22.0 Å². The average molecular weight is 320 g/mol. The van der Waals surface area contributed by atoms with Crippen LogP contribution in [-0.4, -0.2) is 34.9 Å². The van der Waals surface area contributed by atoms with Crippen LogP contribution in [-0.2, 0) is 4.79 Å². The van der Waals surface area contributed by atoms with Crippen LogP contribution in [0.25, 0.3) is 0 Å². The molecule has 1 aliphatic rings. The molecule has 0 spiro atoms. The summed E-state index contributed by atoms with van der Waals surface area (Å²) in [6.45, 7) is 4.43. The first kappa shape index (κ1) is 16.9. The number of aliphatic carboxylic acids is 1. The fourth-order valence-corrected chi connectivity index (χ4v) is 3.04. The summed E-state index contributed by atoms with van der Waals surface area (Å²) in [4.78, 5) is 35.6. The molecule has 23 heavy (non-hydrogen) atoms. The van der Waals surface area contributed by atoms with Gasteiger partial charge in [-0.3, -0.25) is 19.7 Å². The van der Waals surface area contributed by atoms with Gasteiger partial charge in [0, 0.05) is 31.1 Å². The number of benzene rings is 1. The van der Waals surface area contributed by atoms with Crippen molar-refractivity contribution in [1.82, 2.24) is 0 Å². The van der Waals surface area contributed by atoms with Gasteiger partial charge in [0.2, 0.25) is 0 Å². The Balaban J connectivity index is 2.39. The summed E-state index contributed by atoms with van der Waals surface area (Å²) >= 11 is 0. The van der Waals surface area contributed by atoms with Crippen LogP contribution in [0.1, 0.15) is 37.0 Å². The van der Waals surface area contributed by atoms with Gasteiger partial charge in [-0.2, -0.15) is 0 Å². The third-order valence-corrected chi connectivity index (χ3v) is 4.16. The molecule has 1 aromatic carbocycles. The number of anilines is 1. The Hall–Kier alpha value is -2.44. The van der Waals surface area contributed by atoms with Gasteiger partial charge in [0.05, 0.1) is 10.8 Å². The van der Waals surface area contributed by atoms with Crippen LogP contribution in [0.2, 0.25) is 0 Å². The van der Waals surface area contributed by atoms with E-state index in [1.54, 1.807) is 24.0 Å². The standard InChI is InChI=1S/C16H20N2O5/c1-3-15(19)11-4-5-13(14(7-11)18(22)23)17-8-10(2)6-12(9-17)16(20)21/h4-5,7,10,12H,3,6,8-9H2,1-2H3,(H,20,21). The minimum atomic E-state index is -0.887. The highest BCUT2D eigenvalue weighted by Crippen LogP contribution is 2.34. The fraction of sp³-hybridized carbons (Fsp3) is 0.500. The molecule has 0 amide bonds. The van der Waals surface area contributed by atoms with E-state index in [0.717, 1.165) is 0 Å². The number of ketones is 1. The lowest BCUT2D eigenvalue weighted by atomic mass is 9.90. The molecule has 1 saturated heterocycles. The van der Waals surface area contributed by atoms with Crippen molar-refractivity contribution in [2.24, 2.45) is 11.8 Å². The number of nitro benzene ring substituents is 1. The van der Waals surface area contributed by atoms with Crippen molar-refractivity contribution in [3.63, 3.8) is 0 Å². The zero-order valence-electron chi connectivity index (χ0n) is 13.2. The smallest absolute Gasteiger partial charge is 0.308 e. The molecule has 124 valence electrons. The van der Waals surface area contributed by atoms with E-state index >= 15 is 0 Å². The van der Waals surface area contributed by atoms with E-state index in [2.05, 4.69) is 0 Å². The van der Waals surface area contributed by atoms with E-state index in [-0.39, 0.29) is 30.4 Å². The quantitative estimate of drug-likeness (QED) is 0.508. The molecule has 1 N–H and O–H groups in total. The first-order valence-electron chi connectivity index (χ1n) is 7.62. The molecule has 1 heterocycles. The number of carboxylic acids is 1. The summed E-state index contributed by atoms with van der Waals surface area (Å²) in [6.07, 6.45) is 0.838. The maximum absolute atomic E-state index is 11.8. The molecule has 2 atom stereocenters. The SMILES string of the molecule is CCC(=O)c1ccc(N2CC(C)CC(C(=O)O)C2)c([N+](=O)[O-])c1. The van der Waals surface area contributed by atoms with E-state index in [1.807, 2.05) is 6.92 Å². The van der Waals surface area contributed by atoms with Crippen molar-refractivity contribution in [3.8, 4) is 0 Å². The largest absolute Gasteiger partial charge is 0.481 e. The number of hydrogen-bond donors (Lipinski definition) is 1. The molecular weight excluding hydrogens is 300 g/mol. The van der Waals surface area contributed by atoms with Crippen molar-refractivity contribution in [2.45, 2.75) is 26.7 Å². The molecule has 7 heteroatoms. The Morgan fingerprint density at radius 1 is 1.39 bits per heavy atom. The zero-order valence-corrected chi connectivity index (χ0v) is 13.2. The number of rotatable bonds is 5. The minimum Gasteiger partial charge on any atom is -0.481 e. The summed E-state index contributed by atoms with van der Waals surface area (Å²) < 4.78 is 0. The lowest BCUT2D eigenvalue weighted by molar-refractivity contribution is -0.384. The van der Waals surface area contributed by atoms with Gasteiger partial charge in [0.1, 0.15) is 5.69 Å². The minimum absolute atomic E-state index is 0.126. The van der Waals surface area contributed by atoms with Gasteiger partial charge in [-0.25, -0.2) is 0 Å². The summed E-state index contributed by atoms with van der Waals surface area (Å²) in [6, 6.07) is 4.41. The van der Waals surface area contributed by atoms with Crippen molar-refractivity contribution < 1.29 is 19.6 Å². The first-order chi connectivity index (χ1) is 10.8. The molecule has 0 saturated carbocycles. The third-order valence-electron chi connectivity index (χ3n) is 4.16. The normalized spacial score (nSPS) is 21.0. The fourth-order valence-electron chi connectivity index (χ4n) is 3.04. The number of carboxylic acid groups (broad SMARTS) is 1. The summed E-state index contributed by atoms with van der Waals surface area (Å²) in [5.74, 6) is -1.46. The number of hydrogen-bond acceptors (Lipinski definition) is 5. The van der Waals surface area contributed by atoms with Crippen LogP contribution >= 0.6 is 0 Å². The Morgan fingerprint density at radius 2 is 2.09 bits per heavy atom. The molecule has 2 unspecified atom stereocenters. The van der Waals surface area contributed by atoms with E-state index < -0.39 is 16.8 Å². The Labute approximate surface area is 134 Å². The van der Waals surface area contributed by atoms with E-state index in [4.69, 9.17) is 0 Å². The molecule has 2 rings (SSSR count). The highest BCUT2D eigenvalue weighted by Gasteiger charge is 2.32. The summed E-state index contributed by atoms with van der Waals surface area (Å²) in [5.41, 5.74) is 0.533. The number of carbonyl (C=O) groups is 2. The number of nitro groups is 1. The molecule has 0 aromatic heterocycles. The average Bonchev–Trinajstić information content (AvgIpc) is 2.52. The molecular formula is C16H20N2O5. The Kier molecular flexibility index (Phi) is 4.98. The predicted octanol–water partition coefficient (Wildman–Crippen LogP) is 2.73. The molecule has 1 aliphatic heterocycles. The van der Waals surface area contributed by atoms with Crippen LogP contribution < -0.4 is 4.90 Å². The molecule has 0 aliphatic carbocycles.